The molecule has 1 rings (SSSR count). The van der Waals surface area contributed by atoms with Gasteiger partial charge in [0.15, 0.2) is 0 Å². The fourth-order valence-corrected chi connectivity index (χ4v) is 2.87. The lowest BCUT2D eigenvalue weighted by atomic mass is 10.0. The standard InChI is InChI=1S/C10H21NOS/c1-3-5-10(2,12)8-11-9-4-6-13-7-9/h9,11-12H,3-8H2,1-2H3. The van der Waals surface area contributed by atoms with E-state index in [1.54, 1.807) is 0 Å². The van der Waals surface area contributed by atoms with E-state index in [4.69, 9.17) is 0 Å². The van der Waals surface area contributed by atoms with Gasteiger partial charge in [0.1, 0.15) is 0 Å². The average molecular weight is 203 g/mol. The molecule has 1 aliphatic rings. The van der Waals surface area contributed by atoms with Crippen molar-refractivity contribution in [2.24, 2.45) is 0 Å². The van der Waals surface area contributed by atoms with E-state index in [1.165, 1.54) is 17.9 Å². The minimum absolute atomic E-state index is 0.512. The third kappa shape index (κ3) is 4.34. The van der Waals surface area contributed by atoms with Crippen LogP contribution in [0.25, 0.3) is 0 Å². The minimum atomic E-state index is -0.512. The molecule has 13 heavy (non-hydrogen) atoms. The molecule has 0 bridgehead atoms. The van der Waals surface area contributed by atoms with Crippen LogP contribution in [-0.2, 0) is 0 Å². The summed E-state index contributed by atoms with van der Waals surface area (Å²) in [5.41, 5.74) is -0.512. The Morgan fingerprint density at radius 2 is 2.38 bits per heavy atom. The fourth-order valence-electron chi connectivity index (χ4n) is 1.69. The predicted molar refractivity (Wildman–Crippen MR) is 59.3 cm³/mol. The minimum Gasteiger partial charge on any atom is -0.389 e. The molecule has 0 spiro atoms. The molecule has 1 saturated heterocycles. The summed E-state index contributed by atoms with van der Waals surface area (Å²) in [6.45, 7) is 4.78. The van der Waals surface area contributed by atoms with Crippen molar-refractivity contribution in [2.75, 3.05) is 18.1 Å². The van der Waals surface area contributed by atoms with Crippen LogP contribution in [0.3, 0.4) is 0 Å². The molecular formula is C10H21NOS. The topological polar surface area (TPSA) is 32.3 Å². The van der Waals surface area contributed by atoms with Gasteiger partial charge in [-0.1, -0.05) is 13.3 Å². The van der Waals surface area contributed by atoms with E-state index in [1.807, 2.05) is 18.7 Å². The normalized spacial score (nSPS) is 27.5. The maximum atomic E-state index is 9.91. The number of hydrogen-bond donors (Lipinski definition) is 2. The molecule has 1 heterocycles. The summed E-state index contributed by atoms with van der Waals surface area (Å²) >= 11 is 2.00. The summed E-state index contributed by atoms with van der Waals surface area (Å²) in [5.74, 6) is 2.48. The molecule has 2 atom stereocenters. The lowest BCUT2D eigenvalue weighted by molar-refractivity contribution is 0.0479. The van der Waals surface area contributed by atoms with Gasteiger partial charge in [0.25, 0.3) is 0 Å². The molecule has 1 aliphatic heterocycles. The first-order valence-electron chi connectivity index (χ1n) is 5.17. The molecular weight excluding hydrogens is 182 g/mol. The number of hydrogen-bond acceptors (Lipinski definition) is 3. The Hall–Kier alpha value is 0.270. The summed E-state index contributed by atoms with van der Waals surface area (Å²) in [5, 5.41) is 13.3. The van der Waals surface area contributed by atoms with E-state index in [9.17, 15) is 5.11 Å². The predicted octanol–water partition coefficient (Wildman–Crippen LogP) is 1.63. The van der Waals surface area contributed by atoms with Crippen LogP contribution in [0.4, 0.5) is 0 Å². The zero-order valence-electron chi connectivity index (χ0n) is 8.68. The fraction of sp³-hybridized carbons (Fsp3) is 1.00. The van der Waals surface area contributed by atoms with Crippen molar-refractivity contribution in [3.8, 4) is 0 Å². The molecule has 3 heteroatoms. The highest BCUT2D eigenvalue weighted by Gasteiger charge is 2.22. The van der Waals surface area contributed by atoms with Crippen LogP contribution in [0.1, 0.15) is 33.1 Å². The highest BCUT2D eigenvalue weighted by Crippen LogP contribution is 2.18. The van der Waals surface area contributed by atoms with Gasteiger partial charge in [-0.2, -0.15) is 11.8 Å². The van der Waals surface area contributed by atoms with E-state index < -0.39 is 5.60 Å². The van der Waals surface area contributed by atoms with E-state index in [0.717, 1.165) is 19.4 Å². The van der Waals surface area contributed by atoms with Gasteiger partial charge in [0.2, 0.25) is 0 Å². The summed E-state index contributed by atoms with van der Waals surface area (Å²) < 4.78 is 0. The van der Waals surface area contributed by atoms with Crippen LogP contribution in [0.15, 0.2) is 0 Å². The first-order chi connectivity index (χ1) is 6.14. The Bertz CT molecular complexity index is 144. The Morgan fingerprint density at radius 3 is 2.92 bits per heavy atom. The van der Waals surface area contributed by atoms with Crippen LogP contribution in [0, 0.1) is 0 Å². The highest BCUT2D eigenvalue weighted by atomic mass is 32.2. The van der Waals surface area contributed by atoms with Gasteiger partial charge in [0.05, 0.1) is 5.60 Å². The third-order valence-corrected chi connectivity index (χ3v) is 3.65. The first kappa shape index (κ1) is 11.3. The number of thioether (sulfide) groups is 1. The number of rotatable bonds is 5. The number of nitrogens with one attached hydrogen (secondary N) is 1. The Balaban J connectivity index is 2.15. The van der Waals surface area contributed by atoms with Gasteiger partial charge >= 0.3 is 0 Å². The van der Waals surface area contributed by atoms with Gasteiger partial charge < -0.3 is 10.4 Å². The molecule has 0 aromatic rings. The van der Waals surface area contributed by atoms with Crippen LogP contribution in [0.5, 0.6) is 0 Å². The van der Waals surface area contributed by atoms with Gasteiger partial charge in [-0.05, 0) is 25.5 Å². The van der Waals surface area contributed by atoms with Gasteiger partial charge in [0, 0.05) is 18.3 Å². The molecule has 2 N–H and O–H groups in total. The molecule has 78 valence electrons. The van der Waals surface area contributed by atoms with Crippen molar-refractivity contribution in [1.29, 1.82) is 0 Å². The Kier molecular flexibility index (Phi) is 4.56. The molecule has 0 amide bonds. The quantitative estimate of drug-likeness (QED) is 0.712. The summed E-state index contributed by atoms with van der Waals surface area (Å²) in [4.78, 5) is 0. The maximum Gasteiger partial charge on any atom is 0.0743 e. The van der Waals surface area contributed by atoms with Crippen molar-refractivity contribution in [1.82, 2.24) is 5.32 Å². The van der Waals surface area contributed by atoms with Crippen LogP contribution >= 0.6 is 11.8 Å². The molecule has 1 fully saturated rings. The summed E-state index contributed by atoms with van der Waals surface area (Å²) in [6.07, 6.45) is 3.20. The monoisotopic (exact) mass is 203 g/mol. The van der Waals surface area contributed by atoms with Gasteiger partial charge in [-0.25, -0.2) is 0 Å². The van der Waals surface area contributed by atoms with E-state index in [2.05, 4.69) is 12.2 Å². The van der Waals surface area contributed by atoms with Crippen LogP contribution < -0.4 is 5.32 Å². The second kappa shape index (κ2) is 5.23. The molecule has 0 aromatic carbocycles. The lowest BCUT2D eigenvalue weighted by Gasteiger charge is -2.25. The summed E-state index contributed by atoms with van der Waals surface area (Å²) in [6, 6.07) is 0.633. The van der Waals surface area contributed by atoms with Crippen LogP contribution in [-0.4, -0.2) is 34.8 Å². The summed E-state index contributed by atoms with van der Waals surface area (Å²) in [7, 11) is 0. The largest absolute Gasteiger partial charge is 0.389 e. The molecule has 0 aromatic heterocycles. The average Bonchev–Trinajstić information content (AvgIpc) is 2.52. The lowest BCUT2D eigenvalue weighted by Crippen LogP contribution is -2.42. The van der Waals surface area contributed by atoms with Crippen molar-refractivity contribution in [3.05, 3.63) is 0 Å². The zero-order valence-corrected chi connectivity index (χ0v) is 9.49. The Labute approximate surface area is 85.5 Å². The molecule has 0 radical (unpaired) electrons. The Morgan fingerprint density at radius 1 is 1.62 bits per heavy atom. The first-order valence-corrected chi connectivity index (χ1v) is 6.33. The van der Waals surface area contributed by atoms with Crippen molar-refractivity contribution >= 4 is 11.8 Å². The second-order valence-corrected chi connectivity index (χ2v) is 5.34. The van der Waals surface area contributed by atoms with E-state index in [-0.39, 0.29) is 0 Å². The van der Waals surface area contributed by atoms with Crippen molar-refractivity contribution < 1.29 is 5.11 Å². The van der Waals surface area contributed by atoms with E-state index >= 15 is 0 Å². The molecule has 0 aliphatic carbocycles. The number of aliphatic hydroxyl groups is 1. The van der Waals surface area contributed by atoms with Crippen molar-refractivity contribution in [3.63, 3.8) is 0 Å². The highest BCUT2D eigenvalue weighted by molar-refractivity contribution is 7.99. The maximum absolute atomic E-state index is 9.91. The van der Waals surface area contributed by atoms with Crippen molar-refractivity contribution in [2.45, 2.75) is 44.8 Å². The van der Waals surface area contributed by atoms with E-state index in [0.29, 0.717) is 6.04 Å². The van der Waals surface area contributed by atoms with Crippen LogP contribution in [0.2, 0.25) is 0 Å². The molecule has 2 nitrogen and oxygen atoms in total. The SMILES string of the molecule is CCCC(C)(O)CNC1CCSC1. The zero-order chi connectivity index (χ0) is 9.73. The van der Waals surface area contributed by atoms with Gasteiger partial charge in [-0.3, -0.25) is 0 Å². The second-order valence-electron chi connectivity index (χ2n) is 4.19. The molecule has 2 unspecified atom stereocenters. The van der Waals surface area contributed by atoms with Gasteiger partial charge in [-0.15, -0.1) is 0 Å². The molecule has 0 saturated carbocycles. The third-order valence-electron chi connectivity index (χ3n) is 2.49. The smallest absolute Gasteiger partial charge is 0.0743 e.